The molecule has 0 bridgehead atoms. The van der Waals surface area contributed by atoms with Crippen LogP contribution >= 0.6 is 11.8 Å². The molecule has 0 unspecified atom stereocenters. The minimum atomic E-state index is -0.683. The van der Waals surface area contributed by atoms with Crippen molar-refractivity contribution >= 4 is 34.4 Å². The van der Waals surface area contributed by atoms with Gasteiger partial charge >= 0.3 is 0 Å². The zero-order chi connectivity index (χ0) is 20.3. The van der Waals surface area contributed by atoms with Crippen molar-refractivity contribution in [3.05, 3.63) is 63.7 Å². The summed E-state index contributed by atoms with van der Waals surface area (Å²) in [4.78, 5) is 27.0. The second kappa shape index (κ2) is 8.43. The molecule has 3 aromatic rings. The molecule has 0 fully saturated rings. The fourth-order valence-electron chi connectivity index (χ4n) is 2.92. The Balaban J connectivity index is 1.90. The number of nitro benzene ring substituents is 1. The van der Waals surface area contributed by atoms with E-state index in [0.29, 0.717) is 17.2 Å². The monoisotopic (exact) mass is 398 g/mol. The Kier molecular flexibility index (Phi) is 5.99. The minimum absolute atomic E-state index is 0.103. The smallest absolute Gasteiger partial charge is 0.274 e. The van der Waals surface area contributed by atoms with Crippen molar-refractivity contribution in [1.82, 2.24) is 9.55 Å². The fourth-order valence-corrected chi connectivity index (χ4v) is 3.96. The molecule has 0 radical (unpaired) electrons. The second-order valence-electron chi connectivity index (χ2n) is 6.97. The average molecular weight is 398 g/mol. The highest BCUT2D eigenvalue weighted by molar-refractivity contribution is 7.98. The summed E-state index contributed by atoms with van der Waals surface area (Å²) in [5.41, 5.74) is 7.76. The van der Waals surface area contributed by atoms with E-state index in [0.717, 1.165) is 29.2 Å². The summed E-state index contributed by atoms with van der Waals surface area (Å²) in [5.74, 6) is 0.250. The molecule has 2 aromatic carbocycles. The van der Waals surface area contributed by atoms with E-state index in [-0.39, 0.29) is 11.3 Å². The van der Waals surface area contributed by atoms with Crippen molar-refractivity contribution in [3.8, 4) is 0 Å². The molecule has 2 N–H and O–H groups in total. The Morgan fingerprint density at radius 3 is 2.71 bits per heavy atom. The summed E-state index contributed by atoms with van der Waals surface area (Å²) in [6.45, 7) is 5.19. The van der Waals surface area contributed by atoms with Gasteiger partial charge in [0.1, 0.15) is 0 Å². The zero-order valence-electron chi connectivity index (χ0n) is 15.8. The van der Waals surface area contributed by atoms with E-state index in [1.165, 1.54) is 23.9 Å². The molecule has 0 atom stereocenters. The molecule has 0 aliphatic carbocycles. The topological polar surface area (TPSA) is 104 Å². The first-order valence-corrected chi connectivity index (χ1v) is 10.0. The molecule has 0 spiro atoms. The van der Waals surface area contributed by atoms with E-state index >= 15 is 0 Å². The van der Waals surface area contributed by atoms with Crippen molar-refractivity contribution in [1.29, 1.82) is 0 Å². The SMILES string of the molecule is CC(C)CCn1c(SCc2ccc(C(N)=O)cc2[N+](=O)[O-])nc2ccccc21. The maximum Gasteiger partial charge on any atom is 0.274 e. The first-order chi connectivity index (χ1) is 13.4. The van der Waals surface area contributed by atoms with Crippen LogP contribution in [0.1, 0.15) is 36.2 Å². The van der Waals surface area contributed by atoms with Gasteiger partial charge in [-0.15, -0.1) is 0 Å². The summed E-state index contributed by atoms with van der Waals surface area (Å²) in [6.07, 6.45) is 1.02. The number of aromatic nitrogens is 2. The van der Waals surface area contributed by atoms with Crippen LogP contribution in [0.3, 0.4) is 0 Å². The van der Waals surface area contributed by atoms with Crippen LogP contribution in [0.5, 0.6) is 0 Å². The maximum absolute atomic E-state index is 11.4. The maximum atomic E-state index is 11.4. The van der Waals surface area contributed by atoms with Crippen molar-refractivity contribution < 1.29 is 9.72 Å². The Hall–Kier alpha value is -2.87. The van der Waals surface area contributed by atoms with Crippen LogP contribution in [-0.2, 0) is 12.3 Å². The molecule has 146 valence electrons. The molecule has 0 aliphatic rings. The number of hydrogen-bond donors (Lipinski definition) is 1. The average Bonchev–Trinajstić information content (AvgIpc) is 3.01. The predicted octanol–water partition coefficient (Wildman–Crippen LogP) is 4.38. The Bertz CT molecular complexity index is 1030. The number of nitro groups is 1. The highest BCUT2D eigenvalue weighted by atomic mass is 32.2. The minimum Gasteiger partial charge on any atom is -0.366 e. The van der Waals surface area contributed by atoms with Gasteiger partial charge in [0.25, 0.3) is 5.69 Å². The van der Waals surface area contributed by atoms with Gasteiger partial charge in [-0.2, -0.15) is 0 Å². The summed E-state index contributed by atoms with van der Waals surface area (Å²) < 4.78 is 2.17. The van der Waals surface area contributed by atoms with Gasteiger partial charge in [0.05, 0.1) is 16.0 Å². The molecule has 7 nitrogen and oxygen atoms in total. The van der Waals surface area contributed by atoms with Crippen molar-refractivity contribution in [2.24, 2.45) is 11.7 Å². The van der Waals surface area contributed by atoms with Crippen molar-refractivity contribution in [3.63, 3.8) is 0 Å². The van der Waals surface area contributed by atoms with Crippen molar-refractivity contribution in [2.45, 2.75) is 37.7 Å². The van der Waals surface area contributed by atoms with E-state index in [9.17, 15) is 14.9 Å². The molecule has 3 rings (SSSR count). The molecular formula is C20H22N4O3S. The lowest BCUT2D eigenvalue weighted by atomic mass is 10.1. The number of nitrogens with zero attached hydrogens (tertiary/aromatic N) is 3. The third-order valence-corrected chi connectivity index (χ3v) is 5.50. The number of thioether (sulfide) groups is 1. The van der Waals surface area contributed by atoms with Gasteiger partial charge < -0.3 is 10.3 Å². The van der Waals surface area contributed by atoms with Crippen LogP contribution in [-0.4, -0.2) is 20.4 Å². The molecule has 1 amide bonds. The van der Waals surface area contributed by atoms with E-state index in [1.54, 1.807) is 6.07 Å². The Morgan fingerprint density at radius 2 is 2.04 bits per heavy atom. The van der Waals surface area contributed by atoms with Gasteiger partial charge in [-0.1, -0.05) is 43.8 Å². The van der Waals surface area contributed by atoms with Gasteiger partial charge in [0, 0.05) is 29.5 Å². The van der Waals surface area contributed by atoms with Crippen LogP contribution in [0.25, 0.3) is 11.0 Å². The zero-order valence-corrected chi connectivity index (χ0v) is 16.6. The lowest BCUT2D eigenvalue weighted by molar-refractivity contribution is -0.385. The Morgan fingerprint density at radius 1 is 1.29 bits per heavy atom. The van der Waals surface area contributed by atoms with Gasteiger partial charge in [-0.25, -0.2) is 4.98 Å². The Labute approximate surface area is 167 Å². The van der Waals surface area contributed by atoms with Crippen LogP contribution in [0.15, 0.2) is 47.6 Å². The number of fused-ring (bicyclic) bond motifs is 1. The highest BCUT2D eigenvalue weighted by Crippen LogP contribution is 2.31. The number of imidazole rings is 1. The number of para-hydroxylation sites is 2. The van der Waals surface area contributed by atoms with Gasteiger partial charge in [-0.05, 0) is 30.5 Å². The summed E-state index contributed by atoms with van der Waals surface area (Å²) >= 11 is 1.45. The van der Waals surface area contributed by atoms with Gasteiger partial charge in [0.2, 0.25) is 5.91 Å². The quantitative estimate of drug-likeness (QED) is 0.344. The standard InChI is InChI=1S/C20H22N4O3S/c1-13(2)9-10-23-17-6-4-3-5-16(17)22-20(23)28-12-15-8-7-14(19(21)25)11-18(15)24(26)27/h3-8,11,13H,9-10,12H2,1-2H3,(H2,21,25). The molecule has 28 heavy (non-hydrogen) atoms. The molecule has 0 aliphatic heterocycles. The molecule has 8 heteroatoms. The molecule has 1 aromatic heterocycles. The molecule has 1 heterocycles. The number of rotatable bonds is 8. The number of nitrogens with two attached hydrogens (primary N) is 1. The first-order valence-electron chi connectivity index (χ1n) is 9.02. The molecule has 0 saturated heterocycles. The predicted molar refractivity (Wildman–Crippen MR) is 110 cm³/mol. The highest BCUT2D eigenvalue weighted by Gasteiger charge is 2.18. The number of amides is 1. The number of benzene rings is 2. The van der Waals surface area contributed by atoms with Gasteiger partial charge in [0.15, 0.2) is 5.16 Å². The lowest BCUT2D eigenvalue weighted by Gasteiger charge is -2.11. The third kappa shape index (κ3) is 4.33. The summed E-state index contributed by atoms with van der Waals surface area (Å²) in [5, 5.41) is 12.2. The van der Waals surface area contributed by atoms with Crippen LogP contribution in [0.4, 0.5) is 5.69 Å². The normalized spacial score (nSPS) is 11.2. The number of aryl methyl sites for hydroxylation is 1. The molecule has 0 saturated carbocycles. The lowest BCUT2D eigenvalue weighted by Crippen LogP contribution is -2.11. The fraction of sp³-hybridized carbons (Fsp3) is 0.300. The van der Waals surface area contributed by atoms with Crippen molar-refractivity contribution in [2.75, 3.05) is 0 Å². The summed E-state index contributed by atoms with van der Waals surface area (Å²) in [7, 11) is 0. The largest absolute Gasteiger partial charge is 0.366 e. The van der Waals surface area contributed by atoms with Crippen LogP contribution < -0.4 is 5.73 Å². The number of carbonyl (C=O) groups excluding carboxylic acids is 1. The number of hydrogen-bond acceptors (Lipinski definition) is 5. The van der Waals surface area contributed by atoms with Crippen LogP contribution in [0, 0.1) is 16.0 Å². The van der Waals surface area contributed by atoms with Gasteiger partial charge in [-0.3, -0.25) is 14.9 Å². The second-order valence-corrected chi connectivity index (χ2v) is 7.91. The number of primary amides is 1. The van der Waals surface area contributed by atoms with E-state index in [2.05, 4.69) is 18.4 Å². The third-order valence-electron chi connectivity index (χ3n) is 4.47. The van der Waals surface area contributed by atoms with E-state index in [1.807, 2.05) is 24.3 Å². The van der Waals surface area contributed by atoms with E-state index < -0.39 is 10.8 Å². The number of carbonyl (C=O) groups is 1. The molecular weight excluding hydrogens is 376 g/mol. The van der Waals surface area contributed by atoms with E-state index in [4.69, 9.17) is 10.7 Å². The summed E-state index contributed by atoms with van der Waals surface area (Å²) in [6, 6.07) is 12.3. The van der Waals surface area contributed by atoms with Crippen LogP contribution in [0.2, 0.25) is 0 Å². The first kappa shape index (κ1) is 19.9.